The van der Waals surface area contributed by atoms with Crippen molar-refractivity contribution in [2.75, 3.05) is 12.4 Å². The van der Waals surface area contributed by atoms with E-state index in [-0.39, 0.29) is 0 Å². The van der Waals surface area contributed by atoms with E-state index in [0.29, 0.717) is 5.82 Å². The molecule has 0 unspecified atom stereocenters. The van der Waals surface area contributed by atoms with Crippen molar-refractivity contribution in [1.29, 1.82) is 0 Å². The number of halogens is 1. The molecule has 4 rings (SSSR count). The molecule has 1 N–H and O–H groups in total. The Kier molecular flexibility index (Phi) is 3.66. The van der Waals surface area contributed by atoms with Crippen LogP contribution in [0.1, 0.15) is 0 Å². The SMILES string of the molecule is COc1cc(Nc2nc(Br)cn3ccnc23)ccc1-n1ccnc1. The largest absolute Gasteiger partial charge is 0.494 e. The number of fused-ring (bicyclic) bond motifs is 1. The maximum atomic E-state index is 5.50. The average molecular weight is 385 g/mol. The van der Waals surface area contributed by atoms with Crippen LogP contribution < -0.4 is 10.1 Å². The monoisotopic (exact) mass is 384 g/mol. The molecule has 0 saturated carbocycles. The van der Waals surface area contributed by atoms with Gasteiger partial charge in [0.05, 0.1) is 19.1 Å². The van der Waals surface area contributed by atoms with Crippen LogP contribution in [0.5, 0.6) is 5.75 Å². The van der Waals surface area contributed by atoms with E-state index in [1.165, 1.54) is 0 Å². The van der Waals surface area contributed by atoms with E-state index in [1.54, 1.807) is 25.8 Å². The number of anilines is 2. The molecule has 3 aromatic heterocycles. The summed E-state index contributed by atoms with van der Waals surface area (Å²) in [5, 5.41) is 3.29. The Morgan fingerprint density at radius 1 is 1.21 bits per heavy atom. The van der Waals surface area contributed by atoms with Gasteiger partial charge in [0.25, 0.3) is 0 Å². The summed E-state index contributed by atoms with van der Waals surface area (Å²) in [5.41, 5.74) is 2.51. The van der Waals surface area contributed by atoms with Crippen molar-refractivity contribution >= 4 is 33.1 Å². The van der Waals surface area contributed by atoms with Crippen molar-refractivity contribution in [3.8, 4) is 11.4 Å². The molecule has 8 heteroatoms. The topological polar surface area (TPSA) is 69.3 Å². The van der Waals surface area contributed by atoms with Crippen molar-refractivity contribution in [3.05, 3.63) is 60.1 Å². The summed E-state index contributed by atoms with van der Waals surface area (Å²) < 4.78 is 10.0. The summed E-state index contributed by atoms with van der Waals surface area (Å²) in [5.74, 6) is 1.39. The number of hydrogen-bond donors (Lipinski definition) is 1. The summed E-state index contributed by atoms with van der Waals surface area (Å²) in [6.45, 7) is 0. The third-order valence-corrected chi connectivity index (χ3v) is 3.95. The summed E-state index contributed by atoms with van der Waals surface area (Å²) in [4.78, 5) is 12.9. The molecule has 0 fully saturated rings. The Hall–Kier alpha value is -2.87. The number of benzene rings is 1. The van der Waals surface area contributed by atoms with Crippen LogP contribution in [0, 0.1) is 0 Å². The smallest absolute Gasteiger partial charge is 0.180 e. The molecule has 0 spiro atoms. The summed E-state index contributed by atoms with van der Waals surface area (Å²) >= 11 is 3.41. The predicted octanol–water partition coefficient (Wildman–Crippen LogP) is 3.43. The number of nitrogens with zero attached hydrogens (tertiary/aromatic N) is 5. The number of hydrogen-bond acceptors (Lipinski definition) is 5. The lowest BCUT2D eigenvalue weighted by atomic mass is 10.2. The molecule has 0 bridgehead atoms. The molecule has 1 aromatic carbocycles. The molecule has 0 amide bonds. The maximum absolute atomic E-state index is 5.50. The molecule has 0 aliphatic heterocycles. The summed E-state index contributed by atoms with van der Waals surface area (Å²) in [6.07, 6.45) is 10.8. The van der Waals surface area contributed by atoms with Crippen LogP contribution in [-0.4, -0.2) is 31.0 Å². The van der Waals surface area contributed by atoms with Gasteiger partial charge in [0.1, 0.15) is 10.4 Å². The second kappa shape index (κ2) is 5.97. The van der Waals surface area contributed by atoms with E-state index in [0.717, 1.165) is 27.4 Å². The van der Waals surface area contributed by atoms with Crippen molar-refractivity contribution < 1.29 is 4.74 Å². The number of ether oxygens (including phenoxy) is 1. The number of rotatable bonds is 4. The molecule has 120 valence electrons. The van der Waals surface area contributed by atoms with Crippen LogP contribution in [-0.2, 0) is 0 Å². The lowest BCUT2D eigenvalue weighted by Crippen LogP contribution is -2.01. The predicted molar refractivity (Wildman–Crippen MR) is 94.1 cm³/mol. The van der Waals surface area contributed by atoms with E-state index in [1.807, 2.05) is 45.8 Å². The fourth-order valence-electron chi connectivity index (χ4n) is 2.49. The normalized spacial score (nSPS) is 10.9. The van der Waals surface area contributed by atoms with Gasteiger partial charge in [0.15, 0.2) is 11.5 Å². The van der Waals surface area contributed by atoms with Crippen molar-refractivity contribution in [1.82, 2.24) is 23.9 Å². The molecular formula is C16H13BrN6O. The highest BCUT2D eigenvalue weighted by Gasteiger charge is 2.10. The standard InChI is InChI=1S/C16H13BrN6O/c1-24-13-8-11(2-3-12(13)23-6-4-18-10-23)20-15-16-19-5-7-22(16)9-14(17)21-15/h2-10H,1H3,(H,20,21). The number of imidazole rings is 2. The number of methoxy groups -OCH3 is 1. The maximum Gasteiger partial charge on any atom is 0.180 e. The zero-order valence-corrected chi connectivity index (χ0v) is 14.3. The molecule has 0 aliphatic rings. The van der Waals surface area contributed by atoms with Crippen LogP contribution in [0.3, 0.4) is 0 Å². The first-order valence-electron chi connectivity index (χ1n) is 7.17. The van der Waals surface area contributed by atoms with E-state index < -0.39 is 0 Å². The van der Waals surface area contributed by atoms with Gasteiger partial charge < -0.3 is 19.0 Å². The van der Waals surface area contributed by atoms with Gasteiger partial charge >= 0.3 is 0 Å². The van der Waals surface area contributed by atoms with Crippen molar-refractivity contribution in [2.24, 2.45) is 0 Å². The van der Waals surface area contributed by atoms with Gasteiger partial charge in [-0.1, -0.05) is 0 Å². The zero-order chi connectivity index (χ0) is 16.5. The Bertz CT molecular complexity index is 995. The van der Waals surface area contributed by atoms with Crippen LogP contribution in [0.25, 0.3) is 11.3 Å². The Morgan fingerprint density at radius 3 is 2.92 bits per heavy atom. The number of nitrogens with one attached hydrogen (secondary N) is 1. The van der Waals surface area contributed by atoms with E-state index in [2.05, 4.69) is 36.2 Å². The molecule has 0 radical (unpaired) electrons. The zero-order valence-electron chi connectivity index (χ0n) is 12.7. The second-order valence-electron chi connectivity index (χ2n) is 5.05. The lowest BCUT2D eigenvalue weighted by molar-refractivity contribution is 0.413. The van der Waals surface area contributed by atoms with Gasteiger partial charge in [0.2, 0.25) is 0 Å². The highest BCUT2D eigenvalue weighted by atomic mass is 79.9. The highest BCUT2D eigenvalue weighted by Crippen LogP contribution is 2.29. The highest BCUT2D eigenvalue weighted by molar-refractivity contribution is 9.10. The minimum atomic E-state index is 0.659. The van der Waals surface area contributed by atoms with Gasteiger partial charge in [-0.2, -0.15) is 0 Å². The molecular weight excluding hydrogens is 372 g/mol. The fourth-order valence-corrected chi connectivity index (χ4v) is 2.89. The van der Waals surface area contributed by atoms with Crippen LogP contribution in [0.4, 0.5) is 11.5 Å². The van der Waals surface area contributed by atoms with Gasteiger partial charge in [0, 0.05) is 42.7 Å². The second-order valence-corrected chi connectivity index (χ2v) is 5.86. The fraction of sp³-hybridized carbons (Fsp3) is 0.0625. The lowest BCUT2D eigenvalue weighted by Gasteiger charge is -2.13. The molecule has 24 heavy (non-hydrogen) atoms. The summed E-state index contributed by atoms with van der Waals surface area (Å²) in [7, 11) is 1.64. The first-order chi connectivity index (χ1) is 11.7. The van der Waals surface area contributed by atoms with Gasteiger partial charge in [-0.25, -0.2) is 15.0 Å². The minimum Gasteiger partial charge on any atom is -0.494 e. The van der Waals surface area contributed by atoms with E-state index in [9.17, 15) is 0 Å². The first kappa shape index (κ1) is 14.7. The first-order valence-corrected chi connectivity index (χ1v) is 7.96. The van der Waals surface area contributed by atoms with Gasteiger partial charge in [-0.15, -0.1) is 0 Å². The van der Waals surface area contributed by atoms with Crippen molar-refractivity contribution in [2.45, 2.75) is 0 Å². The van der Waals surface area contributed by atoms with Gasteiger partial charge in [-0.3, -0.25) is 0 Å². The van der Waals surface area contributed by atoms with Crippen molar-refractivity contribution in [3.63, 3.8) is 0 Å². The Labute approximate surface area is 146 Å². The Morgan fingerprint density at radius 2 is 2.12 bits per heavy atom. The molecule has 3 heterocycles. The molecule has 7 nitrogen and oxygen atoms in total. The molecule has 0 aliphatic carbocycles. The van der Waals surface area contributed by atoms with E-state index in [4.69, 9.17) is 4.74 Å². The van der Waals surface area contributed by atoms with Crippen LogP contribution in [0.15, 0.2) is 60.1 Å². The average Bonchev–Trinajstić information content (AvgIpc) is 3.25. The molecule has 0 saturated heterocycles. The minimum absolute atomic E-state index is 0.659. The molecule has 0 atom stereocenters. The van der Waals surface area contributed by atoms with Crippen LogP contribution in [0.2, 0.25) is 0 Å². The van der Waals surface area contributed by atoms with Gasteiger partial charge in [-0.05, 0) is 28.1 Å². The third-order valence-electron chi connectivity index (χ3n) is 3.57. The number of aromatic nitrogens is 5. The third kappa shape index (κ3) is 2.61. The van der Waals surface area contributed by atoms with Crippen LogP contribution >= 0.6 is 15.9 Å². The Balaban J connectivity index is 1.73. The quantitative estimate of drug-likeness (QED) is 0.583. The molecule has 4 aromatic rings. The summed E-state index contributed by atoms with van der Waals surface area (Å²) in [6, 6.07) is 5.83. The van der Waals surface area contributed by atoms with E-state index >= 15 is 0 Å².